The molecule has 0 saturated carbocycles. The van der Waals surface area contributed by atoms with E-state index in [1.54, 1.807) is 13.8 Å². The van der Waals surface area contributed by atoms with Gasteiger partial charge >= 0.3 is 12.1 Å². The summed E-state index contributed by atoms with van der Waals surface area (Å²) in [4.78, 5) is 0. The van der Waals surface area contributed by atoms with E-state index in [0.717, 1.165) is 5.57 Å². The molecule has 0 aromatic rings. The van der Waals surface area contributed by atoms with E-state index in [1.165, 1.54) is 6.26 Å². The van der Waals surface area contributed by atoms with Gasteiger partial charge in [-0.05, 0) is 19.4 Å². The van der Waals surface area contributed by atoms with Crippen LogP contribution in [0.2, 0.25) is 0 Å². The Hall–Kier alpha value is -0.850. The van der Waals surface area contributed by atoms with Gasteiger partial charge in [0.1, 0.15) is 12.7 Å². The second-order valence-electron chi connectivity index (χ2n) is 4.13. The molecule has 1 rings (SSSR count). The van der Waals surface area contributed by atoms with Crippen LogP contribution in [-0.2, 0) is 9.47 Å². The summed E-state index contributed by atoms with van der Waals surface area (Å²) >= 11 is 0. The van der Waals surface area contributed by atoms with Crippen molar-refractivity contribution < 1.29 is 31.4 Å². The zero-order valence-corrected chi connectivity index (χ0v) is 9.35. The van der Waals surface area contributed by atoms with E-state index in [0.29, 0.717) is 0 Å². The fourth-order valence-electron chi connectivity index (χ4n) is 1.31. The number of allylic oxidation sites excluding steroid dienone is 1. The fraction of sp³-hybridized carbons (Fsp3) is 0.800. The van der Waals surface area contributed by atoms with Gasteiger partial charge in [0.05, 0.1) is 12.4 Å². The normalized spacial score (nSPS) is 25.1. The molecule has 2 unspecified atom stereocenters. The second kappa shape index (κ2) is 4.80. The first-order valence-corrected chi connectivity index (χ1v) is 4.99. The van der Waals surface area contributed by atoms with Crippen LogP contribution in [0.5, 0.6) is 0 Å². The van der Waals surface area contributed by atoms with Crippen LogP contribution in [0.15, 0.2) is 11.8 Å². The molecule has 0 radical (unpaired) electrons. The Balaban J connectivity index is 2.34. The highest BCUT2D eigenvalue weighted by Crippen LogP contribution is 2.44. The molecule has 1 fully saturated rings. The Morgan fingerprint density at radius 2 is 1.82 bits per heavy atom. The number of alkyl halides is 5. The van der Waals surface area contributed by atoms with Crippen molar-refractivity contribution in [1.29, 1.82) is 0 Å². The van der Waals surface area contributed by atoms with Crippen LogP contribution in [0.3, 0.4) is 0 Å². The third kappa shape index (κ3) is 3.31. The van der Waals surface area contributed by atoms with Gasteiger partial charge in [-0.3, -0.25) is 0 Å². The molecule has 0 spiro atoms. The van der Waals surface area contributed by atoms with Crippen molar-refractivity contribution in [2.75, 3.05) is 6.61 Å². The average molecular weight is 260 g/mol. The Morgan fingerprint density at radius 3 is 2.24 bits per heavy atom. The van der Waals surface area contributed by atoms with E-state index in [-0.39, 0.29) is 13.0 Å². The van der Waals surface area contributed by atoms with E-state index in [4.69, 9.17) is 4.74 Å². The lowest BCUT2D eigenvalue weighted by atomic mass is 9.99. The van der Waals surface area contributed by atoms with Gasteiger partial charge in [0, 0.05) is 6.42 Å². The van der Waals surface area contributed by atoms with Crippen molar-refractivity contribution >= 4 is 0 Å². The average Bonchev–Trinajstić information content (AvgIpc) is 2.05. The maximum Gasteiger partial charge on any atom is 0.456 e. The monoisotopic (exact) mass is 260 g/mol. The number of hydrogen-bond acceptors (Lipinski definition) is 2. The molecular formula is C10H13F5O2. The van der Waals surface area contributed by atoms with Crippen molar-refractivity contribution in [3.05, 3.63) is 11.8 Å². The molecule has 0 aromatic carbocycles. The highest BCUT2D eigenvalue weighted by Gasteiger charge is 2.66. The maximum atomic E-state index is 12.7. The van der Waals surface area contributed by atoms with Crippen molar-refractivity contribution in [2.24, 2.45) is 0 Å². The molecule has 2 atom stereocenters. The Kier molecular flexibility index (Phi) is 4.01. The Bertz CT molecular complexity index is 288. The molecule has 0 aromatic heterocycles. The molecule has 1 saturated heterocycles. The van der Waals surface area contributed by atoms with E-state index < -0.39 is 24.3 Å². The molecule has 7 heteroatoms. The molecule has 17 heavy (non-hydrogen) atoms. The van der Waals surface area contributed by atoms with E-state index in [2.05, 4.69) is 4.74 Å². The summed E-state index contributed by atoms with van der Waals surface area (Å²) < 4.78 is 70.6. The molecule has 0 bridgehead atoms. The van der Waals surface area contributed by atoms with Gasteiger partial charge in [-0.2, -0.15) is 22.0 Å². The maximum absolute atomic E-state index is 12.7. The van der Waals surface area contributed by atoms with Crippen molar-refractivity contribution in [2.45, 2.75) is 44.6 Å². The van der Waals surface area contributed by atoms with Crippen molar-refractivity contribution in [3.63, 3.8) is 0 Å². The Labute approximate surface area is 95.4 Å². The molecule has 0 amide bonds. The molecular weight excluding hydrogens is 247 g/mol. The van der Waals surface area contributed by atoms with Crippen molar-refractivity contribution in [1.82, 2.24) is 0 Å². The summed E-state index contributed by atoms with van der Waals surface area (Å²) in [6, 6.07) is 0. The van der Waals surface area contributed by atoms with Crippen LogP contribution in [0, 0.1) is 0 Å². The summed E-state index contributed by atoms with van der Waals surface area (Å²) in [5, 5.41) is 0. The Morgan fingerprint density at radius 1 is 1.29 bits per heavy atom. The van der Waals surface area contributed by atoms with Crippen LogP contribution >= 0.6 is 0 Å². The predicted molar refractivity (Wildman–Crippen MR) is 49.7 cm³/mol. The minimum absolute atomic E-state index is 0.0182. The summed E-state index contributed by atoms with van der Waals surface area (Å²) in [7, 11) is 0. The van der Waals surface area contributed by atoms with Crippen LogP contribution in [-0.4, -0.2) is 30.9 Å². The van der Waals surface area contributed by atoms with E-state index in [1.807, 2.05) is 0 Å². The standard InChI is InChI=1S/C10H13F5O2/c1-6(2)4-16-5-7-3-8(17-7)9(11,12)10(13,14)15/h4,7-8H,3,5H2,1-2H3. The zero-order valence-electron chi connectivity index (χ0n) is 9.35. The molecule has 0 N–H and O–H groups in total. The second-order valence-corrected chi connectivity index (χ2v) is 4.13. The molecule has 1 aliphatic rings. The van der Waals surface area contributed by atoms with E-state index >= 15 is 0 Å². The first-order chi connectivity index (χ1) is 7.64. The minimum atomic E-state index is -5.57. The first kappa shape index (κ1) is 14.2. The third-order valence-electron chi connectivity index (χ3n) is 2.22. The van der Waals surface area contributed by atoms with Gasteiger partial charge in [-0.1, -0.05) is 0 Å². The summed E-state index contributed by atoms with van der Waals surface area (Å²) in [6.07, 6.45) is -7.32. The van der Waals surface area contributed by atoms with Gasteiger partial charge in [0.2, 0.25) is 0 Å². The van der Waals surface area contributed by atoms with Gasteiger partial charge < -0.3 is 9.47 Å². The quantitative estimate of drug-likeness (QED) is 0.570. The lowest BCUT2D eigenvalue weighted by Gasteiger charge is -2.40. The number of hydrogen-bond donors (Lipinski definition) is 0. The van der Waals surface area contributed by atoms with Crippen LogP contribution in [0.1, 0.15) is 20.3 Å². The number of rotatable bonds is 4. The summed E-state index contributed by atoms with van der Waals surface area (Å²) in [5.74, 6) is -4.79. The zero-order chi connectivity index (χ0) is 13.3. The van der Waals surface area contributed by atoms with Gasteiger partial charge in [0.25, 0.3) is 0 Å². The molecule has 0 aliphatic carbocycles. The fourth-order valence-corrected chi connectivity index (χ4v) is 1.31. The third-order valence-corrected chi connectivity index (χ3v) is 2.22. The summed E-state index contributed by atoms with van der Waals surface area (Å²) in [5.41, 5.74) is 0.862. The highest BCUT2D eigenvalue weighted by molar-refractivity contribution is 4.94. The predicted octanol–water partition coefficient (Wildman–Crippen LogP) is 3.28. The number of ether oxygens (including phenoxy) is 2. The highest BCUT2D eigenvalue weighted by atomic mass is 19.4. The number of halogens is 5. The van der Waals surface area contributed by atoms with Crippen LogP contribution in [0.4, 0.5) is 22.0 Å². The van der Waals surface area contributed by atoms with Crippen molar-refractivity contribution in [3.8, 4) is 0 Å². The smallest absolute Gasteiger partial charge is 0.456 e. The molecule has 1 heterocycles. The van der Waals surface area contributed by atoms with Crippen LogP contribution < -0.4 is 0 Å². The van der Waals surface area contributed by atoms with Gasteiger partial charge in [-0.25, -0.2) is 0 Å². The minimum Gasteiger partial charge on any atom is -0.499 e. The summed E-state index contributed by atoms with van der Waals surface area (Å²) in [6.45, 7) is 3.51. The molecule has 1 aliphatic heterocycles. The van der Waals surface area contributed by atoms with Gasteiger partial charge in [-0.15, -0.1) is 0 Å². The van der Waals surface area contributed by atoms with E-state index in [9.17, 15) is 22.0 Å². The van der Waals surface area contributed by atoms with Gasteiger partial charge in [0.15, 0.2) is 0 Å². The largest absolute Gasteiger partial charge is 0.499 e. The lowest BCUT2D eigenvalue weighted by Crippen LogP contribution is -2.57. The molecule has 100 valence electrons. The lowest BCUT2D eigenvalue weighted by molar-refractivity contribution is -0.351. The molecule has 2 nitrogen and oxygen atoms in total. The topological polar surface area (TPSA) is 18.5 Å². The SMILES string of the molecule is CC(C)=COCC1CC(C(F)(F)C(F)(F)F)O1. The van der Waals surface area contributed by atoms with Crippen LogP contribution in [0.25, 0.3) is 0 Å². The first-order valence-electron chi connectivity index (χ1n) is 4.99.